The van der Waals surface area contributed by atoms with Crippen molar-refractivity contribution in [3.63, 3.8) is 0 Å². The molecule has 1 amide bonds. The molecule has 0 aliphatic carbocycles. The zero-order valence-corrected chi connectivity index (χ0v) is 11.4. The van der Waals surface area contributed by atoms with Crippen LogP contribution in [0.5, 0.6) is 0 Å². The highest BCUT2D eigenvalue weighted by molar-refractivity contribution is 7.09. The van der Waals surface area contributed by atoms with E-state index in [1.807, 2.05) is 12.3 Å². The number of carbonyl (C=O) groups excluding carboxylic acids is 1. The largest absolute Gasteiger partial charge is 0.467 e. The quantitative estimate of drug-likeness (QED) is 0.844. The van der Waals surface area contributed by atoms with Crippen molar-refractivity contribution in [3.05, 3.63) is 40.2 Å². The molecule has 19 heavy (non-hydrogen) atoms. The zero-order chi connectivity index (χ0) is 13.7. The number of thiazole rings is 1. The number of aryl methyl sites for hydroxylation is 1. The molecule has 5 nitrogen and oxygen atoms in total. The van der Waals surface area contributed by atoms with Crippen molar-refractivity contribution in [1.29, 1.82) is 0 Å². The molecule has 2 heterocycles. The van der Waals surface area contributed by atoms with Crippen LogP contribution in [-0.4, -0.2) is 22.5 Å². The lowest BCUT2D eigenvalue weighted by Crippen LogP contribution is -2.29. The molecule has 102 valence electrons. The fourth-order valence-corrected chi connectivity index (χ4v) is 2.36. The Kier molecular flexibility index (Phi) is 4.70. The summed E-state index contributed by atoms with van der Waals surface area (Å²) in [4.78, 5) is 16.0. The maximum atomic E-state index is 11.7. The zero-order valence-electron chi connectivity index (χ0n) is 10.6. The third-order valence-electron chi connectivity index (χ3n) is 2.61. The molecule has 0 aromatic carbocycles. The van der Waals surface area contributed by atoms with Crippen LogP contribution in [0.4, 0.5) is 0 Å². The van der Waals surface area contributed by atoms with Crippen LogP contribution in [0.1, 0.15) is 29.5 Å². The van der Waals surface area contributed by atoms with E-state index < -0.39 is 6.10 Å². The lowest BCUT2D eigenvalue weighted by atomic mass is 10.2. The van der Waals surface area contributed by atoms with Crippen LogP contribution in [0, 0.1) is 0 Å². The monoisotopic (exact) mass is 280 g/mol. The highest BCUT2D eigenvalue weighted by atomic mass is 32.1. The second kappa shape index (κ2) is 6.49. The predicted molar refractivity (Wildman–Crippen MR) is 71.9 cm³/mol. The molecule has 0 saturated heterocycles. The summed E-state index contributed by atoms with van der Waals surface area (Å²) >= 11 is 1.56. The number of aromatic nitrogens is 1. The Labute approximate surface area is 115 Å². The van der Waals surface area contributed by atoms with Gasteiger partial charge < -0.3 is 14.8 Å². The lowest BCUT2D eigenvalue weighted by molar-refractivity contribution is -0.121. The third kappa shape index (κ3) is 3.90. The topological polar surface area (TPSA) is 75.4 Å². The summed E-state index contributed by atoms with van der Waals surface area (Å²) < 4.78 is 5.05. The van der Waals surface area contributed by atoms with E-state index in [1.165, 1.54) is 6.26 Å². The smallest absolute Gasteiger partial charge is 0.226 e. The summed E-state index contributed by atoms with van der Waals surface area (Å²) in [6.45, 7) is 2.17. The minimum atomic E-state index is -0.819. The van der Waals surface area contributed by atoms with Crippen LogP contribution < -0.4 is 5.32 Å². The number of carbonyl (C=O) groups is 1. The Morgan fingerprint density at radius 2 is 2.47 bits per heavy atom. The molecule has 0 aliphatic rings. The van der Waals surface area contributed by atoms with Crippen LogP contribution in [0.2, 0.25) is 0 Å². The van der Waals surface area contributed by atoms with Gasteiger partial charge in [0.25, 0.3) is 0 Å². The van der Waals surface area contributed by atoms with Gasteiger partial charge in [-0.1, -0.05) is 6.92 Å². The number of furan rings is 1. The summed E-state index contributed by atoms with van der Waals surface area (Å²) in [5, 5.41) is 15.3. The van der Waals surface area contributed by atoms with Gasteiger partial charge in [0.1, 0.15) is 11.9 Å². The average molecular weight is 280 g/mol. The Bertz CT molecular complexity index is 522. The molecule has 0 saturated carbocycles. The van der Waals surface area contributed by atoms with E-state index in [9.17, 15) is 9.90 Å². The third-order valence-corrected chi connectivity index (χ3v) is 3.65. The normalized spacial score (nSPS) is 12.3. The van der Waals surface area contributed by atoms with Gasteiger partial charge in [-0.2, -0.15) is 0 Å². The molecule has 1 atom stereocenters. The van der Waals surface area contributed by atoms with Gasteiger partial charge in [0.15, 0.2) is 0 Å². The highest BCUT2D eigenvalue weighted by Gasteiger charge is 2.13. The van der Waals surface area contributed by atoms with Crippen LogP contribution in [0.3, 0.4) is 0 Å². The standard InChI is InChI=1S/C13H16N2O3S/c1-2-13-15-9(8-19-13)6-12(17)14-7-10(16)11-4-3-5-18-11/h3-5,8,10,16H,2,6-7H2,1H3,(H,14,17). The Balaban J connectivity index is 1.78. The molecule has 6 heteroatoms. The van der Waals surface area contributed by atoms with Gasteiger partial charge in [-0.05, 0) is 18.6 Å². The highest BCUT2D eigenvalue weighted by Crippen LogP contribution is 2.12. The number of rotatable bonds is 6. The SMILES string of the molecule is CCc1nc(CC(=O)NCC(O)c2ccco2)cs1. The molecule has 2 aromatic heterocycles. The number of nitrogens with one attached hydrogen (secondary N) is 1. The fourth-order valence-electron chi connectivity index (χ4n) is 1.61. The van der Waals surface area contributed by atoms with Gasteiger partial charge in [0.05, 0.1) is 29.9 Å². The summed E-state index contributed by atoms with van der Waals surface area (Å²) in [7, 11) is 0. The van der Waals surface area contributed by atoms with E-state index in [2.05, 4.69) is 10.3 Å². The van der Waals surface area contributed by atoms with Crippen LogP contribution >= 0.6 is 11.3 Å². The second-order valence-electron chi connectivity index (χ2n) is 4.10. The van der Waals surface area contributed by atoms with E-state index in [4.69, 9.17) is 4.42 Å². The van der Waals surface area contributed by atoms with Crippen molar-refractivity contribution in [1.82, 2.24) is 10.3 Å². The molecule has 0 fully saturated rings. The lowest BCUT2D eigenvalue weighted by Gasteiger charge is -2.08. The van der Waals surface area contributed by atoms with Crippen molar-refractivity contribution in [2.24, 2.45) is 0 Å². The van der Waals surface area contributed by atoms with E-state index in [0.717, 1.165) is 17.1 Å². The molecule has 0 radical (unpaired) electrons. The number of aliphatic hydroxyl groups excluding tert-OH is 1. The Morgan fingerprint density at radius 1 is 1.63 bits per heavy atom. The molecule has 2 rings (SSSR count). The van der Waals surface area contributed by atoms with Crippen molar-refractivity contribution in [2.75, 3.05) is 6.54 Å². The summed E-state index contributed by atoms with van der Waals surface area (Å²) in [6.07, 6.45) is 1.79. The van der Waals surface area contributed by atoms with Gasteiger partial charge in [-0.25, -0.2) is 4.98 Å². The number of nitrogens with zero attached hydrogens (tertiary/aromatic N) is 1. The first-order valence-corrected chi connectivity index (χ1v) is 6.98. The first-order valence-electron chi connectivity index (χ1n) is 6.10. The van der Waals surface area contributed by atoms with Crippen LogP contribution in [-0.2, 0) is 17.6 Å². The van der Waals surface area contributed by atoms with Gasteiger partial charge in [-0.3, -0.25) is 4.79 Å². The maximum absolute atomic E-state index is 11.7. The average Bonchev–Trinajstić information content (AvgIpc) is 3.06. The summed E-state index contributed by atoms with van der Waals surface area (Å²) in [6, 6.07) is 3.37. The first-order chi connectivity index (χ1) is 9.19. The van der Waals surface area contributed by atoms with Crippen LogP contribution in [0.25, 0.3) is 0 Å². The molecule has 2 N–H and O–H groups in total. The molecule has 0 spiro atoms. The van der Waals surface area contributed by atoms with Crippen LogP contribution in [0.15, 0.2) is 28.2 Å². The maximum Gasteiger partial charge on any atom is 0.226 e. The van der Waals surface area contributed by atoms with E-state index in [1.54, 1.807) is 23.5 Å². The number of aliphatic hydroxyl groups is 1. The molecule has 0 aliphatic heterocycles. The van der Waals surface area contributed by atoms with Gasteiger partial charge in [0, 0.05) is 5.38 Å². The van der Waals surface area contributed by atoms with Crippen molar-refractivity contribution in [3.8, 4) is 0 Å². The second-order valence-corrected chi connectivity index (χ2v) is 5.04. The molecule has 2 aromatic rings. The van der Waals surface area contributed by atoms with Crippen molar-refractivity contribution < 1.29 is 14.3 Å². The summed E-state index contributed by atoms with van der Waals surface area (Å²) in [5.41, 5.74) is 0.770. The molecule has 0 bridgehead atoms. The first kappa shape index (κ1) is 13.8. The van der Waals surface area contributed by atoms with Gasteiger partial charge in [-0.15, -0.1) is 11.3 Å². The minimum absolute atomic E-state index is 0.136. The minimum Gasteiger partial charge on any atom is -0.467 e. The number of amides is 1. The van der Waals surface area contributed by atoms with Crippen molar-refractivity contribution >= 4 is 17.2 Å². The van der Waals surface area contributed by atoms with Gasteiger partial charge in [0.2, 0.25) is 5.91 Å². The predicted octanol–water partition coefficient (Wildman–Crippen LogP) is 1.69. The van der Waals surface area contributed by atoms with Gasteiger partial charge >= 0.3 is 0 Å². The number of hydrogen-bond acceptors (Lipinski definition) is 5. The summed E-state index contributed by atoms with van der Waals surface area (Å²) in [5.74, 6) is 0.292. The van der Waals surface area contributed by atoms with E-state index in [0.29, 0.717) is 5.76 Å². The number of hydrogen-bond donors (Lipinski definition) is 2. The fraction of sp³-hybridized carbons (Fsp3) is 0.385. The Morgan fingerprint density at radius 3 is 3.11 bits per heavy atom. The molecule has 1 unspecified atom stereocenters. The van der Waals surface area contributed by atoms with E-state index >= 15 is 0 Å². The van der Waals surface area contributed by atoms with Crippen molar-refractivity contribution in [2.45, 2.75) is 25.9 Å². The molecular weight excluding hydrogens is 264 g/mol. The molecular formula is C13H16N2O3S. The van der Waals surface area contributed by atoms with E-state index in [-0.39, 0.29) is 18.9 Å². The Hall–Kier alpha value is -1.66.